The number of nitrogen functional groups attached to an aromatic ring is 1. The maximum Gasteiger partial charge on any atom is 0.151 e. The lowest BCUT2D eigenvalue weighted by atomic mass is 10.2. The molecule has 0 saturated heterocycles. The predicted molar refractivity (Wildman–Crippen MR) is 60.3 cm³/mol. The molecular weight excluding hydrogens is 214 g/mol. The smallest absolute Gasteiger partial charge is 0.151 e. The SMILES string of the molecule is COCCC(C)Nc1cc(F)cc(F)c1N. The van der Waals surface area contributed by atoms with Gasteiger partial charge in [0.05, 0.1) is 11.4 Å². The molecule has 0 bridgehead atoms. The van der Waals surface area contributed by atoms with Crippen LogP contribution < -0.4 is 11.1 Å². The molecule has 0 aliphatic heterocycles. The average Bonchev–Trinajstić information content (AvgIpc) is 2.22. The summed E-state index contributed by atoms with van der Waals surface area (Å²) < 4.78 is 31.0. The third-order valence-electron chi connectivity index (χ3n) is 2.25. The first-order valence-corrected chi connectivity index (χ1v) is 5.04. The Kier molecular flexibility index (Phi) is 4.49. The van der Waals surface area contributed by atoms with Crippen molar-refractivity contribution in [3.8, 4) is 0 Å². The van der Waals surface area contributed by atoms with Crippen LogP contribution in [0, 0.1) is 11.6 Å². The Morgan fingerprint density at radius 3 is 2.75 bits per heavy atom. The van der Waals surface area contributed by atoms with E-state index in [0.717, 1.165) is 12.5 Å². The van der Waals surface area contributed by atoms with E-state index >= 15 is 0 Å². The minimum atomic E-state index is -0.749. The van der Waals surface area contributed by atoms with Crippen molar-refractivity contribution in [1.82, 2.24) is 0 Å². The van der Waals surface area contributed by atoms with E-state index < -0.39 is 11.6 Å². The Bertz CT molecular complexity index is 358. The summed E-state index contributed by atoms with van der Waals surface area (Å²) in [7, 11) is 1.60. The summed E-state index contributed by atoms with van der Waals surface area (Å²) >= 11 is 0. The van der Waals surface area contributed by atoms with Crippen LogP contribution in [0.1, 0.15) is 13.3 Å². The average molecular weight is 230 g/mol. The van der Waals surface area contributed by atoms with Crippen molar-refractivity contribution < 1.29 is 13.5 Å². The Morgan fingerprint density at radius 1 is 1.44 bits per heavy atom. The van der Waals surface area contributed by atoms with Crippen LogP contribution in [0.5, 0.6) is 0 Å². The topological polar surface area (TPSA) is 47.3 Å². The molecule has 0 aliphatic carbocycles. The van der Waals surface area contributed by atoms with E-state index in [1.807, 2.05) is 6.92 Å². The minimum Gasteiger partial charge on any atom is -0.395 e. The Balaban J connectivity index is 2.72. The van der Waals surface area contributed by atoms with Crippen LogP contribution in [-0.2, 0) is 4.74 Å². The van der Waals surface area contributed by atoms with Gasteiger partial charge < -0.3 is 15.8 Å². The Labute approximate surface area is 93.6 Å². The fraction of sp³-hybridized carbons (Fsp3) is 0.455. The van der Waals surface area contributed by atoms with Gasteiger partial charge in [-0.1, -0.05) is 0 Å². The zero-order valence-electron chi connectivity index (χ0n) is 9.39. The summed E-state index contributed by atoms with van der Waals surface area (Å²) in [6.07, 6.45) is 0.730. The third-order valence-corrected chi connectivity index (χ3v) is 2.25. The van der Waals surface area contributed by atoms with Crippen molar-refractivity contribution in [2.45, 2.75) is 19.4 Å². The standard InChI is InChI=1S/C11H16F2N2O/c1-7(3-4-16-2)15-10-6-8(12)5-9(13)11(10)14/h5-7,15H,3-4,14H2,1-2H3. The van der Waals surface area contributed by atoms with Gasteiger partial charge >= 0.3 is 0 Å². The fourth-order valence-electron chi connectivity index (χ4n) is 1.34. The molecule has 1 aromatic carbocycles. The van der Waals surface area contributed by atoms with Gasteiger partial charge in [0.1, 0.15) is 5.82 Å². The zero-order valence-corrected chi connectivity index (χ0v) is 9.39. The molecule has 3 N–H and O–H groups in total. The lowest BCUT2D eigenvalue weighted by Gasteiger charge is -2.16. The van der Waals surface area contributed by atoms with Crippen LogP contribution >= 0.6 is 0 Å². The van der Waals surface area contributed by atoms with E-state index in [0.29, 0.717) is 6.61 Å². The van der Waals surface area contributed by atoms with Crippen molar-refractivity contribution >= 4 is 11.4 Å². The molecule has 0 fully saturated rings. The van der Waals surface area contributed by atoms with Gasteiger partial charge in [0, 0.05) is 25.8 Å². The molecule has 1 aromatic rings. The first kappa shape index (κ1) is 12.7. The van der Waals surface area contributed by atoms with Gasteiger partial charge in [0.15, 0.2) is 5.82 Å². The summed E-state index contributed by atoms with van der Waals surface area (Å²) in [6, 6.07) is 1.98. The quantitative estimate of drug-likeness (QED) is 0.763. The molecule has 16 heavy (non-hydrogen) atoms. The lowest BCUT2D eigenvalue weighted by molar-refractivity contribution is 0.191. The number of anilines is 2. The molecule has 1 rings (SSSR count). The number of hydrogen-bond acceptors (Lipinski definition) is 3. The second kappa shape index (κ2) is 5.65. The highest BCUT2D eigenvalue weighted by Gasteiger charge is 2.10. The first-order valence-electron chi connectivity index (χ1n) is 5.04. The molecule has 0 aromatic heterocycles. The van der Waals surface area contributed by atoms with Crippen LogP contribution in [0.3, 0.4) is 0 Å². The first-order chi connectivity index (χ1) is 7.54. The lowest BCUT2D eigenvalue weighted by Crippen LogP contribution is -2.18. The van der Waals surface area contributed by atoms with E-state index in [9.17, 15) is 8.78 Å². The van der Waals surface area contributed by atoms with Crippen LogP contribution in [0.15, 0.2) is 12.1 Å². The third kappa shape index (κ3) is 3.34. The second-order valence-electron chi connectivity index (χ2n) is 3.68. The second-order valence-corrected chi connectivity index (χ2v) is 3.68. The number of hydrogen-bond donors (Lipinski definition) is 2. The highest BCUT2D eigenvalue weighted by atomic mass is 19.1. The molecule has 0 radical (unpaired) electrons. The molecular formula is C11H16F2N2O. The molecule has 0 aliphatic rings. The van der Waals surface area contributed by atoms with Gasteiger partial charge in [0.2, 0.25) is 0 Å². The minimum absolute atomic E-state index is 0.0310. The normalized spacial score (nSPS) is 12.5. The summed E-state index contributed by atoms with van der Waals surface area (Å²) in [5, 5.41) is 2.94. The number of nitrogens with one attached hydrogen (secondary N) is 1. The summed E-state index contributed by atoms with van der Waals surface area (Å²) in [6.45, 7) is 2.47. The monoisotopic (exact) mass is 230 g/mol. The molecule has 1 atom stereocenters. The van der Waals surface area contributed by atoms with Gasteiger partial charge in [0.25, 0.3) is 0 Å². The highest BCUT2D eigenvalue weighted by molar-refractivity contribution is 5.67. The predicted octanol–water partition coefficient (Wildman–Crippen LogP) is 2.38. The largest absolute Gasteiger partial charge is 0.395 e. The summed E-state index contributed by atoms with van der Waals surface area (Å²) in [5.74, 6) is -1.39. The van der Waals surface area contributed by atoms with Gasteiger partial charge in [-0.05, 0) is 19.4 Å². The zero-order chi connectivity index (χ0) is 12.1. The molecule has 0 spiro atoms. The highest BCUT2D eigenvalue weighted by Crippen LogP contribution is 2.24. The van der Waals surface area contributed by atoms with Crippen LogP contribution in [0.25, 0.3) is 0 Å². The van der Waals surface area contributed by atoms with E-state index in [-0.39, 0.29) is 17.4 Å². The molecule has 0 saturated carbocycles. The maximum absolute atomic E-state index is 13.1. The van der Waals surface area contributed by atoms with E-state index in [1.165, 1.54) is 6.07 Å². The van der Waals surface area contributed by atoms with Crippen molar-refractivity contribution in [1.29, 1.82) is 0 Å². The fourth-order valence-corrected chi connectivity index (χ4v) is 1.34. The number of benzene rings is 1. The molecule has 0 amide bonds. The number of rotatable bonds is 5. The van der Waals surface area contributed by atoms with Crippen LogP contribution in [-0.4, -0.2) is 19.8 Å². The van der Waals surface area contributed by atoms with Crippen molar-refractivity contribution in [2.75, 3.05) is 24.8 Å². The van der Waals surface area contributed by atoms with E-state index in [4.69, 9.17) is 10.5 Å². The Hall–Kier alpha value is -1.36. The van der Waals surface area contributed by atoms with Gasteiger partial charge in [-0.3, -0.25) is 0 Å². The number of nitrogens with two attached hydrogens (primary N) is 1. The van der Waals surface area contributed by atoms with E-state index in [1.54, 1.807) is 7.11 Å². The number of ether oxygens (including phenoxy) is 1. The molecule has 0 heterocycles. The summed E-state index contributed by atoms with van der Waals surface area (Å²) in [4.78, 5) is 0. The Morgan fingerprint density at radius 2 is 2.12 bits per heavy atom. The van der Waals surface area contributed by atoms with Crippen LogP contribution in [0.2, 0.25) is 0 Å². The van der Waals surface area contributed by atoms with Gasteiger partial charge in [-0.25, -0.2) is 8.78 Å². The summed E-state index contributed by atoms with van der Waals surface area (Å²) in [5.41, 5.74) is 5.71. The number of methoxy groups -OCH3 is 1. The molecule has 1 unspecified atom stereocenters. The van der Waals surface area contributed by atoms with Crippen molar-refractivity contribution in [2.24, 2.45) is 0 Å². The van der Waals surface area contributed by atoms with Gasteiger partial charge in [-0.2, -0.15) is 0 Å². The van der Waals surface area contributed by atoms with Crippen molar-refractivity contribution in [3.05, 3.63) is 23.8 Å². The van der Waals surface area contributed by atoms with Crippen molar-refractivity contribution in [3.63, 3.8) is 0 Å². The molecule has 90 valence electrons. The number of halogens is 2. The molecule has 3 nitrogen and oxygen atoms in total. The maximum atomic E-state index is 13.1. The van der Waals surface area contributed by atoms with E-state index in [2.05, 4.69) is 5.32 Å². The van der Waals surface area contributed by atoms with Gasteiger partial charge in [-0.15, -0.1) is 0 Å². The van der Waals surface area contributed by atoms with Crippen LogP contribution in [0.4, 0.5) is 20.2 Å². The molecule has 5 heteroatoms.